The predicted octanol–water partition coefficient (Wildman–Crippen LogP) is 4.02. The van der Waals surface area contributed by atoms with Gasteiger partial charge in [-0.25, -0.2) is 4.39 Å². The van der Waals surface area contributed by atoms with Crippen LogP contribution in [0.4, 0.5) is 4.39 Å². The Morgan fingerprint density at radius 1 is 1.12 bits per heavy atom. The number of piperidine rings is 1. The van der Waals surface area contributed by atoms with Crippen molar-refractivity contribution in [2.45, 2.75) is 78.6 Å². The van der Waals surface area contributed by atoms with E-state index in [1.807, 2.05) is 0 Å². The summed E-state index contributed by atoms with van der Waals surface area (Å²) in [6, 6.07) is 0.483. The van der Waals surface area contributed by atoms with Crippen molar-refractivity contribution in [3.05, 3.63) is 0 Å². The summed E-state index contributed by atoms with van der Waals surface area (Å²) in [5.74, 6) is 0. The van der Waals surface area contributed by atoms with E-state index in [0.717, 1.165) is 6.42 Å². The van der Waals surface area contributed by atoms with Crippen LogP contribution in [0.3, 0.4) is 0 Å². The molecule has 0 aromatic carbocycles. The molecular formula is C14H28FN. The predicted molar refractivity (Wildman–Crippen MR) is 68.4 cm³/mol. The molecule has 0 N–H and O–H groups in total. The van der Waals surface area contributed by atoms with Gasteiger partial charge in [0, 0.05) is 18.1 Å². The Morgan fingerprint density at radius 2 is 1.62 bits per heavy atom. The summed E-state index contributed by atoms with van der Waals surface area (Å²) in [7, 11) is 0. The molecule has 0 aliphatic carbocycles. The minimum atomic E-state index is -1.02. The Bertz CT molecular complexity index is 244. The average Bonchev–Trinajstić information content (AvgIpc) is 1.97. The molecule has 0 spiro atoms. The van der Waals surface area contributed by atoms with Crippen LogP contribution in [0.1, 0.15) is 61.3 Å². The molecule has 1 saturated heterocycles. The monoisotopic (exact) mass is 229 g/mol. The first-order chi connectivity index (χ1) is 6.93. The van der Waals surface area contributed by atoms with Crippen LogP contribution in [0.15, 0.2) is 0 Å². The van der Waals surface area contributed by atoms with Crippen LogP contribution < -0.4 is 0 Å². The molecule has 0 bridgehead atoms. The Hall–Kier alpha value is -0.110. The van der Waals surface area contributed by atoms with E-state index in [4.69, 9.17) is 0 Å². The summed E-state index contributed by atoms with van der Waals surface area (Å²) in [6.45, 7) is 15.7. The van der Waals surface area contributed by atoms with Gasteiger partial charge in [0.25, 0.3) is 0 Å². The highest BCUT2D eigenvalue weighted by molar-refractivity contribution is 4.98. The Morgan fingerprint density at radius 3 is 2.00 bits per heavy atom. The lowest BCUT2D eigenvalue weighted by Crippen LogP contribution is -2.60. The summed E-state index contributed by atoms with van der Waals surface area (Å²) in [4.78, 5) is 2.36. The minimum Gasteiger partial charge on any atom is -0.292 e. The van der Waals surface area contributed by atoms with Crippen molar-refractivity contribution in [2.75, 3.05) is 6.54 Å². The molecule has 2 heteroatoms. The van der Waals surface area contributed by atoms with Gasteiger partial charge in [0.15, 0.2) is 0 Å². The highest BCUT2D eigenvalue weighted by Crippen LogP contribution is 2.40. The van der Waals surface area contributed by atoms with Crippen LogP contribution in [0, 0.1) is 5.41 Å². The molecule has 2 unspecified atom stereocenters. The Labute approximate surface area is 100 Å². The first-order valence-corrected chi connectivity index (χ1v) is 6.39. The van der Waals surface area contributed by atoms with Crippen molar-refractivity contribution in [3.8, 4) is 0 Å². The van der Waals surface area contributed by atoms with E-state index in [1.165, 1.54) is 0 Å². The lowest BCUT2D eigenvalue weighted by Gasteiger charge is -2.53. The van der Waals surface area contributed by atoms with Crippen LogP contribution in [0.2, 0.25) is 0 Å². The van der Waals surface area contributed by atoms with Crippen molar-refractivity contribution in [2.24, 2.45) is 5.41 Å². The first kappa shape index (κ1) is 14.0. The van der Waals surface area contributed by atoms with Gasteiger partial charge in [-0.2, -0.15) is 0 Å². The summed E-state index contributed by atoms with van der Waals surface area (Å²) >= 11 is 0. The number of hydrogen-bond donors (Lipinski definition) is 0. The molecule has 1 rings (SSSR count). The molecule has 16 heavy (non-hydrogen) atoms. The van der Waals surface area contributed by atoms with Crippen LogP contribution in [0.25, 0.3) is 0 Å². The quantitative estimate of drug-likeness (QED) is 0.606. The highest BCUT2D eigenvalue weighted by Gasteiger charge is 2.44. The molecule has 1 fully saturated rings. The second kappa shape index (κ2) is 3.97. The fraction of sp³-hybridized carbons (Fsp3) is 1.00. The molecule has 0 saturated carbocycles. The number of halogens is 1. The molecule has 96 valence electrons. The maximum Gasteiger partial charge on any atom is 0.121 e. The average molecular weight is 229 g/mol. The van der Waals surface area contributed by atoms with Gasteiger partial charge in [0.05, 0.1) is 0 Å². The van der Waals surface area contributed by atoms with E-state index >= 15 is 0 Å². The highest BCUT2D eigenvalue weighted by atomic mass is 19.1. The number of hydrogen-bond acceptors (Lipinski definition) is 1. The van der Waals surface area contributed by atoms with E-state index in [0.29, 0.717) is 19.0 Å². The molecule has 1 aliphatic rings. The van der Waals surface area contributed by atoms with Crippen LogP contribution in [-0.2, 0) is 0 Å². The molecule has 1 aliphatic heterocycles. The molecule has 0 aromatic rings. The maximum atomic E-state index is 14.2. The van der Waals surface area contributed by atoms with Crippen molar-refractivity contribution < 1.29 is 4.39 Å². The molecule has 0 amide bonds. The van der Waals surface area contributed by atoms with Crippen molar-refractivity contribution in [1.82, 2.24) is 4.90 Å². The zero-order valence-electron chi connectivity index (χ0n) is 12.0. The molecule has 1 nitrogen and oxygen atoms in total. The second-order valence-corrected chi connectivity index (χ2v) is 7.63. The third kappa shape index (κ3) is 3.19. The van der Waals surface area contributed by atoms with Crippen molar-refractivity contribution in [3.63, 3.8) is 0 Å². The van der Waals surface area contributed by atoms with Crippen molar-refractivity contribution >= 4 is 0 Å². The van der Waals surface area contributed by atoms with E-state index in [2.05, 4.69) is 46.4 Å². The van der Waals surface area contributed by atoms with Gasteiger partial charge in [-0.15, -0.1) is 0 Å². The van der Waals surface area contributed by atoms with Gasteiger partial charge in [-0.1, -0.05) is 20.8 Å². The molecule has 1 heterocycles. The number of rotatable bonds is 0. The van der Waals surface area contributed by atoms with Gasteiger partial charge in [0.2, 0.25) is 0 Å². The summed E-state index contributed by atoms with van der Waals surface area (Å²) < 4.78 is 14.2. The van der Waals surface area contributed by atoms with Crippen LogP contribution >= 0.6 is 0 Å². The van der Waals surface area contributed by atoms with E-state index in [1.54, 1.807) is 6.92 Å². The molecule has 0 radical (unpaired) electrons. The zero-order valence-corrected chi connectivity index (χ0v) is 12.0. The van der Waals surface area contributed by atoms with Crippen LogP contribution in [0.5, 0.6) is 0 Å². The number of likely N-dealkylation sites (tertiary alicyclic amines) is 1. The van der Waals surface area contributed by atoms with Gasteiger partial charge >= 0.3 is 0 Å². The summed E-state index contributed by atoms with van der Waals surface area (Å²) in [6.07, 6.45) is 1.66. The largest absolute Gasteiger partial charge is 0.292 e. The lowest BCUT2D eigenvalue weighted by atomic mass is 9.76. The van der Waals surface area contributed by atoms with E-state index in [9.17, 15) is 4.39 Å². The minimum absolute atomic E-state index is 0.0473. The second-order valence-electron chi connectivity index (χ2n) is 7.63. The standard InChI is InChI=1S/C14H28FN/c1-12(2,3)11-8-9-14(7,15)10-16(11)13(4,5)6/h11H,8-10H2,1-7H3. The fourth-order valence-corrected chi connectivity index (χ4v) is 2.74. The zero-order chi connectivity index (χ0) is 12.8. The fourth-order valence-electron chi connectivity index (χ4n) is 2.74. The summed E-state index contributed by atoms with van der Waals surface area (Å²) in [5, 5.41) is 0. The number of alkyl halides is 1. The van der Waals surface area contributed by atoms with Crippen LogP contribution in [-0.4, -0.2) is 28.7 Å². The molecule has 0 aromatic heterocycles. The molecule has 2 atom stereocenters. The third-order valence-electron chi connectivity index (χ3n) is 3.68. The van der Waals surface area contributed by atoms with Crippen molar-refractivity contribution in [1.29, 1.82) is 0 Å². The van der Waals surface area contributed by atoms with Gasteiger partial charge in [-0.05, 0) is 46.0 Å². The van der Waals surface area contributed by atoms with Gasteiger partial charge in [0.1, 0.15) is 5.67 Å². The number of nitrogens with zero attached hydrogens (tertiary/aromatic N) is 1. The third-order valence-corrected chi connectivity index (χ3v) is 3.68. The topological polar surface area (TPSA) is 3.24 Å². The van der Waals surface area contributed by atoms with Gasteiger partial charge < -0.3 is 0 Å². The smallest absolute Gasteiger partial charge is 0.121 e. The SMILES string of the molecule is CC1(F)CCC(C(C)(C)C)N(C(C)(C)C)C1. The Balaban J connectivity index is 2.94. The van der Waals surface area contributed by atoms with E-state index in [-0.39, 0.29) is 11.0 Å². The first-order valence-electron chi connectivity index (χ1n) is 6.39. The van der Waals surface area contributed by atoms with E-state index < -0.39 is 5.67 Å². The lowest BCUT2D eigenvalue weighted by molar-refractivity contribution is -0.0635. The maximum absolute atomic E-state index is 14.2. The normalized spacial score (nSPS) is 34.1. The molecular weight excluding hydrogens is 201 g/mol. The summed E-state index contributed by atoms with van der Waals surface area (Å²) in [5.41, 5.74) is -0.746. The Kier molecular flexibility index (Phi) is 3.46. The van der Waals surface area contributed by atoms with Gasteiger partial charge in [-0.3, -0.25) is 4.90 Å².